The lowest BCUT2D eigenvalue weighted by Gasteiger charge is -2.11. The Labute approximate surface area is 137 Å². The van der Waals surface area contributed by atoms with Gasteiger partial charge in [-0.25, -0.2) is 9.18 Å². The first-order valence-electron chi connectivity index (χ1n) is 6.87. The highest BCUT2D eigenvalue weighted by molar-refractivity contribution is 6.30. The lowest BCUT2D eigenvalue weighted by atomic mass is 10.2. The number of halogens is 2. The van der Waals surface area contributed by atoms with Gasteiger partial charge < -0.3 is 5.32 Å². The predicted octanol–water partition coefficient (Wildman–Crippen LogP) is 3.57. The molecule has 0 aromatic heterocycles. The summed E-state index contributed by atoms with van der Waals surface area (Å²) in [5, 5.41) is 3.11. The van der Waals surface area contributed by atoms with Crippen molar-refractivity contribution in [2.75, 3.05) is 0 Å². The average molecular weight is 331 g/mol. The van der Waals surface area contributed by atoms with Crippen molar-refractivity contribution in [3.63, 3.8) is 0 Å². The number of rotatable bonds is 3. The normalized spacial score (nSPS) is 16.1. The number of benzene rings is 2. The van der Waals surface area contributed by atoms with E-state index in [1.54, 1.807) is 24.3 Å². The molecule has 0 bridgehead atoms. The van der Waals surface area contributed by atoms with Gasteiger partial charge in [0.25, 0.3) is 5.91 Å². The first-order valence-corrected chi connectivity index (χ1v) is 7.25. The van der Waals surface area contributed by atoms with Crippen molar-refractivity contribution in [1.29, 1.82) is 0 Å². The molecule has 0 atom stereocenters. The van der Waals surface area contributed by atoms with Gasteiger partial charge in [0.2, 0.25) is 0 Å². The molecule has 1 heterocycles. The van der Waals surface area contributed by atoms with Crippen molar-refractivity contribution < 1.29 is 14.0 Å². The lowest BCUT2D eigenvalue weighted by Crippen LogP contribution is -2.30. The molecular formula is C17H12ClFN2O2. The van der Waals surface area contributed by atoms with Crippen LogP contribution in [0.15, 0.2) is 54.2 Å². The van der Waals surface area contributed by atoms with E-state index in [-0.39, 0.29) is 18.1 Å². The molecule has 116 valence electrons. The van der Waals surface area contributed by atoms with Crippen molar-refractivity contribution in [3.8, 4) is 0 Å². The molecule has 2 aromatic rings. The minimum absolute atomic E-state index is 0.155. The number of hydrogen-bond acceptors (Lipinski definition) is 2. The number of nitrogens with one attached hydrogen (secondary N) is 1. The summed E-state index contributed by atoms with van der Waals surface area (Å²) in [4.78, 5) is 25.4. The van der Waals surface area contributed by atoms with Gasteiger partial charge in [-0.2, -0.15) is 0 Å². The van der Waals surface area contributed by atoms with Gasteiger partial charge in [-0.3, -0.25) is 9.69 Å². The minimum Gasteiger partial charge on any atom is -0.303 e. The number of amides is 3. The SMILES string of the molecule is O=C1N/C(=C/c2ccc(F)cc2)C(=O)N1Cc1ccc(Cl)cc1. The zero-order chi connectivity index (χ0) is 16.4. The second-order valence-electron chi connectivity index (χ2n) is 5.06. The van der Waals surface area contributed by atoms with Crippen molar-refractivity contribution in [2.24, 2.45) is 0 Å². The van der Waals surface area contributed by atoms with E-state index in [0.29, 0.717) is 10.6 Å². The van der Waals surface area contributed by atoms with E-state index >= 15 is 0 Å². The van der Waals surface area contributed by atoms with Gasteiger partial charge in [-0.05, 0) is 41.5 Å². The van der Waals surface area contributed by atoms with Crippen LogP contribution in [0.1, 0.15) is 11.1 Å². The maximum Gasteiger partial charge on any atom is 0.329 e. The number of nitrogens with zero attached hydrogens (tertiary/aromatic N) is 1. The Morgan fingerprint density at radius 3 is 2.35 bits per heavy atom. The van der Waals surface area contributed by atoms with Gasteiger partial charge in [-0.1, -0.05) is 35.9 Å². The second-order valence-corrected chi connectivity index (χ2v) is 5.49. The van der Waals surface area contributed by atoms with Crippen LogP contribution in [0.2, 0.25) is 5.02 Å². The highest BCUT2D eigenvalue weighted by atomic mass is 35.5. The van der Waals surface area contributed by atoms with Gasteiger partial charge in [0.05, 0.1) is 6.54 Å². The van der Waals surface area contributed by atoms with Crippen LogP contribution in [0.25, 0.3) is 6.08 Å². The van der Waals surface area contributed by atoms with Crippen LogP contribution in [0.4, 0.5) is 9.18 Å². The summed E-state index contributed by atoms with van der Waals surface area (Å²) in [5.41, 5.74) is 1.58. The zero-order valence-electron chi connectivity index (χ0n) is 11.9. The molecule has 0 spiro atoms. The van der Waals surface area contributed by atoms with Crippen LogP contribution < -0.4 is 5.32 Å². The van der Waals surface area contributed by atoms with Gasteiger partial charge >= 0.3 is 6.03 Å². The predicted molar refractivity (Wildman–Crippen MR) is 84.9 cm³/mol. The Hall–Kier alpha value is -2.66. The summed E-state index contributed by atoms with van der Waals surface area (Å²) in [6.45, 7) is 0.155. The Bertz CT molecular complexity index is 785. The van der Waals surface area contributed by atoms with Crippen molar-refractivity contribution >= 4 is 29.6 Å². The largest absolute Gasteiger partial charge is 0.329 e. The molecule has 1 saturated heterocycles. The number of hydrogen-bond donors (Lipinski definition) is 1. The fraction of sp³-hybridized carbons (Fsp3) is 0.0588. The summed E-state index contributed by atoms with van der Waals surface area (Å²) in [7, 11) is 0. The van der Waals surface area contributed by atoms with Gasteiger partial charge in [0.15, 0.2) is 0 Å². The molecule has 1 aliphatic heterocycles. The molecule has 0 aliphatic carbocycles. The number of urea groups is 1. The smallest absolute Gasteiger partial charge is 0.303 e. The lowest BCUT2D eigenvalue weighted by molar-refractivity contribution is -0.123. The third-order valence-electron chi connectivity index (χ3n) is 3.40. The summed E-state index contributed by atoms with van der Waals surface area (Å²) >= 11 is 5.81. The topological polar surface area (TPSA) is 49.4 Å². The highest BCUT2D eigenvalue weighted by Crippen LogP contribution is 2.18. The summed E-state index contributed by atoms with van der Waals surface area (Å²) in [6, 6.07) is 12.1. The van der Waals surface area contributed by atoms with Crippen molar-refractivity contribution in [1.82, 2.24) is 10.2 Å². The van der Waals surface area contributed by atoms with Crippen LogP contribution in [-0.2, 0) is 11.3 Å². The molecule has 2 aromatic carbocycles. The van der Waals surface area contributed by atoms with Crippen LogP contribution in [0, 0.1) is 5.82 Å². The van der Waals surface area contributed by atoms with E-state index in [9.17, 15) is 14.0 Å². The molecule has 4 nitrogen and oxygen atoms in total. The number of imide groups is 1. The van der Waals surface area contributed by atoms with Crippen LogP contribution in [0.3, 0.4) is 0 Å². The third kappa shape index (κ3) is 3.40. The quantitative estimate of drug-likeness (QED) is 0.691. The summed E-state index contributed by atoms with van der Waals surface area (Å²) in [6.07, 6.45) is 1.52. The Kier molecular flexibility index (Phi) is 4.12. The van der Waals surface area contributed by atoms with Crippen LogP contribution in [-0.4, -0.2) is 16.8 Å². The monoisotopic (exact) mass is 330 g/mol. The maximum atomic E-state index is 12.9. The van der Waals surface area contributed by atoms with Gasteiger partial charge in [0.1, 0.15) is 11.5 Å². The van der Waals surface area contributed by atoms with E-state index in [4.69, 9.17) is 11.6 Å². The Balaban J connectivity index is 1.79. The minimum atomic E-state index is -0.488. The number of carbonyl (C=O) groups excluding carboxylic acids is 2. The van der Waals surface area contributed by atoms with Gasteiger partial charge in [0, 0.05) is 5.02 Å². The third-order valence-corrected chi connectivity index (χ3v) is 3.65. The Morgan fingerprint density at radius 1 is 1.04 bits per heavy atom. The van der Waals surface area contributed by atoms with E-state index in [0.717, 1.165) is 10.5 Å². The van der Waals surface area contributed by atoms with Crippen molar-refractivity contribution in [2.45, 2.75) is 6.54 Å². The second kappa shape index (κ2) is 6.22. The first kappa shape index (κ1) is 15.2. The number of carbonyl (C=O) groups is 2. The van der Waals surface area contributed by atoms with E-state index in [1.165, 1.54) is 30.3 Å². The Morgan fingerprint density at radius 2 is 1.70 bits per heavy atom. The fourth-order valence-corrected chi connectivity index (χ4v) is 2.34. The molecule has 3 rings (SSSR count). The molecule has 23 heavy (non-hydrogen) atoms. The average Bonchev–Trinajstić information content (AvgIpc) is 2.79. The van der Waals surface area contributed by atoms with Crippen LogP contribution in [0.5, 0.6) is 0 Å². The summed E-state index contributed by atoms with van der Waals surface area (Å²) < 4.78 is 12.9. The van der Waals surface area contributed by atoms with Crippen LogP contribution >= 0.6 is 11.6 Å². The zero-order valence-corrected chi connectivity index (χ0v) is 12.7. The highest BCUT2D eigenvalue weighted by Gasteiger charge is 2.33. The van der Waals surface area contributed by atoms with E-state index in [2.05, 4.69) is 5.32 Å². The fourth-order valence-electron chi connectivity index (χ4n) is 2.21. The van der Waals surface area contributed by atoms with Crippen molar-refractivity contribution in [3.05, 3.63) is 76.2 Å². The maximum absolute atomic E-state index is 12.9. The molecule has 6 heteroatoms. The molecule has 1 fully saturated rings. The van der Waals surface area contributed by atoms with Gasteiger partial charge in [-0.15, -0.1) is 0 Å². The van der Waals surface area contributed by atoms with E-state index < -0.39 is 11.9 Å². The molecule has 1 aliphatic rings. The molecule has 3 amide bonds. The molecule has 0 radical (unpaired) electrons. The first-order chi connectivity index (χ1) is 11.0. The summed E-state index contributed by atoms with van der Waals surface area (Å²) in [5.74, 6) is -0.785. The van der Waals surface area contributed by atoms with E-state index in [1.807, 2.05) is 0 Å². The standard InChI is InChI=1S/C17H12ClFN2O2/c18-13-5-1-12(2-6-13)10-21-16(22)15(20-17(21)23)9-11-3-7-14(19)8-4-11/h1-9H,10H2,(H,20,23)/b15-9+. The molecule has 0 unspecified atom stereocenters. The molecule has 1 N–H and O–H groups in total. The molecular weight excluding hydrogens is 319 g/mol. The molecule has 0 saturated carbocycles.